The lowest BCUT2D eigenvalue weighted by Gasteiger charge is -2.18. The fraction of sp³-hybridized carbons (Fsp3) is 0.316. The minimum atomic E-state index is -1.05. The number of carboxylic acid groups (broad SMARTS) is 2. The number of amides is 2. The number of carbonyl (C=O) groups excluding carboxylic acids is 2. The van der Waals surface area contributed by atoms with Gasteiger partial charge in [-0.2, -0.15) is 0 Å². The SMILES string of the molecule is COc1cc(C(=O)Nc2cccc(-c3cccc(NC(=O)c4cc(OC)c(CNC(CO)CC(=O)O)cn4)c3C)c2C)ncc1CNC(CO)CC(=O)O. The number of anilines is 2. The van der Waals surface area contributed by atoms with E-state index < -0.39 is 35.8 Å². The van der Waals surface area contributed by atoms with E-state index in [1.54, 1.807) is 24.3 Å². The molecule has 2 aromatic heterocycles. The van der Waals surface area contributed by atoms with Crippen molar-refractivity contribution in [1.29, 1.82) is 0 Å². The largest absolute Gasteiger partial charge is 0.496 e. The van der Waals surface area contributed by atoms with Gasteiger partial charge in [-0.25, -0.2) is 0 Å². The van der Waals surface area contributed by atoms with E-state index in [-0.39, 0.29) is 50.5 Å². The van der Waals surface area contributed by atoms with Crippen molar-refractivity contribution in [1.82, 2.24) is 20.6 Å². The van der Waals surface area contributed by atoms with Crippen molar-refractivity contribution in [2.24, 2.45) is 0 Å². The fourth-order valence-corrected chi connectivity index (χ4v) is 5.66. The molecule has 286 valence electrons. The molecule has 0 aliphatic carbocycles. The van der Waals surface area contributed by atoms with E-state index in [1.165, 1.54) is 38.7 Å². The number of benzene rings is 2. The van der Waals surface area contributed by atoms with E-state index in [4.69, 9.17) is 19.7 Å². The number of ether oxygens (including phenoxy) is 2. The van der Waals surface area contributed by atoms with Crippen LogP contribution in [0.2, 0.25) is 0 Å². The maximum atomic E-state index is 13.3. The van der Waals surface area contributed by atoms with Crippen LogP contribution in [-0.4, -0.2) is 93.7 Å². The van der Waals surface area contributed by atoms with E-state index in [0.29, 0.717) is 34.0 Å². The number of aromatic nitrogens is 2. The second-order valence-corrected chi connectivity index (χ2v) is 12.3. The van der Waals surface area contributed by atoms with Crippen LogP contribution < -0.4 is 30.7 Å². The van der Waals surface area contributed by atoms with Crippen molar-refractivity contribution < 1.29 is 49.1 Å². The van der Waals surface area contributed by atoms with Crippen LogP contribution in [-0.2, 0) is 22.7 Å². The monoisotopic (exact) mass is 744 g/mol. The molecule has 2 atom stereocenters. The normalized spacial score (nSPS) is 12.0. The van der Waals surface area contributed by atoms with Gasteiger partial charge in [0, 0.05) is 72.2 Å². The van der Waals surface area contributed by atoms with E-state index >= 15 is 0 Å². The highest BCUT2D eigenvalue weighted by Gasteiger charge is 2.20. The van der Waals surface area contributed by atoms with E-state index in [0.717, 1.165) is 22.3 Å². The van der Waals surface area contributed by atoms with Gasteiger partial charge < -0.3 is 51.2 Å². The molecule has 0 aliphatic heterocycles. The Bertz CT molecular complexity index is 1850. The summed E-state index contributed by atoms with van der Waals surface area (Å²) in [5, 5.41) is 48.7. The number of pyridine rings is 2. The van der Waals surface area contributed by atoms with Gasteiger partial charge in [0.15, 0.2) is 0 Å². The second kappa shape index (κ2) is 19.2. The van der Waals surface area contributed by atoms with Crippen LogP contribution in [0.25, 0.3) is 11.1 Å². The zero-order chi connectivity index (χ0) is 39.4. The van der Waals surface area contributed by atoms with E-state index in [9.17, 15) is 29.4 Å². The van der Waals surface area contributed by atoms with Gasteiger partial charge in [-0.15, -0.1) is 0 Å². The molecule has 0 saturated heterocycles. The first kappa shape index (κ1) is 40.8. The standard InChI is InChI=1S/C38H44N6O10/c1-21-27(7-5-9-29(21)43-37(51)31-13-33(53-3)23(17-41-31)15-39-25(19-45)11-35(47)48)28-8-6-10-30(22(28)2)44-38(52)32-14-34(54-4)24(18-42-32)16-40-26(20-46)12-36(49)50/h5-10,13-14,17-18,25-26,39-40,45-46H,11-12,15-16,19-20H2,1-4H3,(H,43,51)(H,44,52)(H,47,48)(H,49,50). The third kappa shape index (κ3) is 10.6. The molecule has 0 saturated carbocycles. The molecule has 0 spiro atoms. The second-order valence-electron chi connectivity index (χ2n) is 12.3. The summed E-state index contributed by atoms with van der Waals surface area (Å²) in [6.45, 7) is 3.32. The molecule has 54 heavy (non-hydrogen) atoms. The molecular weight excluding hydrogens is 700 g/mol. The lowest BCUT2D eigenvalue weighted by atomic mass is 9.94. The molecule has 8 N–H and O–H groups in total. The lowest BCUT2D eigenvalue weighted by Crippen LogP contribution is -2.34. The summed E-state index contributed by atoms with van der Waals surface area (Å²) in [4.78, 5) is 57.3. The maximum Gasteiger partial charge on any atom is 0.305 e. The summed E-state index contributed by atoms with van der Waals surface area (Å²) in [5.41, 5.74) is 5.56. The third-order valence-corrected chi connectivity index (χ3v) is 8.69. The first-order valence-electron chi connectivity index (χ1n) is 16.9. The Morgan fingerprint density at radius 1 is 0.667 bits per heavy atom. The van der Waals surface area contributed by atoms with Crippen LogP contribution in [0, 0.1) is 13.8 Å². The van der Waals surface area contributed by atoms with Crippen LogP contribution in [0.15, 0.2) is 60.9 Å². The Morgan fingerprint density at radius 3 is 1.39 bits per heavy atom. The predicted octanol–water partition coefficient (Wildman–Crippen LogP) is 3.13. The van der Waals surface area contributed by atoms with Gasteiger partial charge in [-0.1, -0.05) is 24.3 Å². The molecule has 16 heteroatoms. The highest BCUT2D eigenvalue weighted by molar-refractivity contribution is 6.05. The Balaban J connectivity index is 1.49. The van der Waals surface area contributed by atoms with Crippen LogP contribution >= 0.6 is 0 Å². The number of aliphatic hydroxyl groups excluding tert-OH is 2. The summed E-state index contributed by atoms with van der Waals surface area (Å²) in [6, 6.07) is 12.6. The zero-order valence-corrected chi connectivity index (χ0v) is 30.3. The fourth-order valence-electron chi connectivity index (χ4n) is 5.66. The number of carbonyl (C=O) groups is 4. The van der Waals surface area contributed by atoms with Crippen LogP contribution in [0.3, 0.4) is 0 Å². The summed E-state index contributed by atoms with van der Waals surface area (Å²) in [7, 11) is 2.89. The number of carboxylic acids is 2. The van der Waals surface area contributed by atoms with E-state index in [2.05, 4.69) is 31.2 Å². The molecule has 2 unspecified atom stereocenters. The molecule has 2 amide bonds. The van der Waals surface area contributed by atoms with E-state index in [1.807, 2.05) is 26.0 Å². The molecule has 0 aliphatic rings. The Hall–Kier alpha value is -5.94. The van der Waals surface area contributed by atoms with Crippen LogP contribution in [0.1, 0.15) is 56.1 Å². The Morgan fingerprint density at radius 2 is 1.06 bits per heavy atom. The van der Waals surface area contributed by atoms with Gasteiger partial charge in [-0.05, 0) is 48.2 Å². The van der Waals surface area contributed by atoms with Crippen molar-refractivity contribution in [3.05, 3.63) is 94.6 Å². The van der Waals surface area contributed by atoms with Crippen molar-refractivity contribution in [3.63, 3.8) is 0 Å². The van der Waals surface area contributed by atoms with Crippen LogP contribution in [0.4, 0.5) is 11.4 Å². The molecule has 0 bridgehead atoms. The molecular formula is C38H44N6O10. The maximum absolute atomic E-state index is 13.3. The van der Waals surface area contributed by atoms with Crippen molar-refractivity contribution in [3.8, 4) is 22.6 Å². The van der Waals surface area contributed by atoms with Crippen molar-refractivity contribution in [2.75, 3.05) is 38.1 Å². The first-order chi connectivity index (χ1) is 25.9. The predicted molar refractivity (Wildman–Crippen MR) is 199 cm³/mol. The number of rotatable bonds is 19. The summed E-state index contributed by atoms with van der Waals surface area (Å²) >= 11 is 0. The number of methoxy groups -OCH3 is 2. The number of hydrogen-bond donors (Lipinski definition) is 8. The zero-order valence-electron chi connectivity index (χ0n) is 30.3. The average Bonchev–Trinajstić information content (AvgIpc) is 3.16. The minimum absolute atomic E-state index is 0.0904. The number of hydrogen-bond acceptors (Lipinski definition) is 12. The highest BCUT2D eigenvalue weighted by atomic mass is 16.5. The number of nitrogens with zero attached hydrogens (tertiary/aromatic N) is 2. The molecule has 2 aromatic carbocycles. The summed E-state index contributed by atoms with van der Waals surface area (Å²) in [5.74, 6) is -2.34. The molecule has 2 heterocycles. The van der Waals surface area contributed by atoms with Gasteiger partial charge in [0.2, 0.25) is 0 Å². The third-order valence-electron chi connectivity index (χ3n) is 8.69. The smallest absolute Gasteiger partial charge is 0.305 e. The minimum Gasteiger partial charge on any atom is -0.496 e. The summed E-state index contributed by atoms with van der Waals surface area (Å²) in [6.07, 6.45) is 2.38. The van der Waals surface area contributed by atoms with Gasteiger partial charge in [0.05, 0.1) is 40.3 Å². The van der Waals surface area contributed by atoms with Crippen molar-refractivity contribution >= 4 is 35.1 Å². The van der Waals surface area contributed by atoms with Gasteiger partial charge in [0.25, 0.3) is 11.8 Å². The van der Waals surface area contributed by atoms with Gasteiger partial charge >= 0.3 is 11.9 Å². The summed E-state index contributed by atoms with van der Waals surface area (Å²) < 4.78 is 10.9. The lowest BCUT2D eigenvalue weighted by molar-refractivity contribution is -0.138. The molecule has 16 nitrogen and oxygen atoms in total. The Kier molecular flexibility index (Phi) is 14.5. The highest BCUT2D eigenvalue weighted by Crippen LogP contribution is 2.34. The first-order valence-corrected chi connectivity index (χ1v) is 16.9. The van der Waals surface area contributed by atoms with Crippen LogP contribution in [0.5, 0.6) is 11.5 Å². The molecule has 0 fully saturated rings. The van der Waals surface area contributed by atoms with Gasteiger partial charge in [-0.3, -0.25) is 29.1 Å². The van der Waals surface area contributed by atoms with Crippen molar-refractivity contribution in [2.45, 2.75) is 51.9 Å². The topological polar surface area (TPSA) is 242 Å². The van der Waals surface area contributed by atoms with Gasteiger partial charge in [0.1, 0.15) is 22.9 Å². The average molecular weight is 745 g/mol. The number of aliphatic carboxylic acids is 2. The quantitative estimate of drug-likeness (QED) is 0.0688. The molecule has 4 aromatic rings. The Labute approximate surface area is 311 Å². The number of aliphatic hydroxyl groups is 2. The molecule has 0 radical (unpaired) electrons. The number of nitrogens with one attached hydrogen (secondary N) is 4. The molecule has 4 rings (SSSR count).